The number of aryl methyl sites for hydroxylation is 1. The number of rotatable bonds is 5. The molecule has 2 N–H and O–H groups in total. The molecule has 0 heterocycles. The zero-order valence-corrected chi connectivity index (χ0v) is 12.1. The molecule has 1 aromatic carbocycles. The van der Waals surface area contributed by atoms with Crippen molar-refractivity contribution in [3.05, 3.63) is 29.8 Å². The van der Waals surface area contributed by atoms with Crippen molar-refractivity contribution in [3.63, 3.8) is 0 Å². The number of carbonyl (C=O) groups excluding carboxylic acids is 1. The molecule has 0 aliphatic rings. The van der Waals surface area contributed by atoms with Gasteiger partial charge in [-0.15, -0.1) is 11.8 Å². The largest absolute Gasteiger partial charge is 0.479 e. The first kappa shape index (κ1) is 17.4. The molecule has 1 unspecified atom stereocenters. The third kappa shape index (κ3) is 4.38. The van der Waals surface area contributed by atoms with E-state index in [-0.39, 0.29) is 5.75 Å². The number of thioether (sulfide) groups is 1. The fourth-order valence-electron chi connectivity index (χ4n) is 1.34. The van der Waals surface area contributed by atoms with E-state index in [1.807, 2.05) is 6.92 Å². The van der Waals surface area contributed by atoms with E-state index in [1.165, 1.54) is 5.32 Å². The highest BCUT2D eigenvalue weighted by molar-refractivity contribution is 8.00. The average molecular weight is 321 g/mol. The average Bonchev–Trinajstić information content (AvgIpc) is 2.36. The first-order valence-electron chi connectivity index (χ1n) is 5.87. The van der Waals surface area contributed by atoms with Crippen LogP contribution in [0.15, 0.2) is 29.2 Å². The molecule has 0 aromatic heterocycles. The number of carboxylic acids is 1. The van der Waals surface area contributed by atoms with Gasteiger partial charge in [0, 0.05) is 4.90 Å². The van der Waals surface area contributed by atoms with Gasteiger partial charge in [-0.25, -0.2) is 4.79 Å². The van der Waals surface area contributed by atoms with Crippen molar-refractivity contribution < 1.29 is 27.9 Å². The lowest BCUT2D eigenvalue weighted by Crippen LogP contribution is -2.62. The van der Waals surface area contributed by atoms with E-state index in [1.54, 1.807) is 24.3 Å². The number of hydrogen-bond donors (Lipinski definition) is 2. The number of hydrogen-bond acceptors (Lipinski definition) is 3. The predicted molar refractivity (Wildman–Crippen MR) is 72.1 cm³/mol. The zero-order valence-electron chi connectivity index (χ0n) is 11.3. The standard InChI is InChI=1S/C13H14F3NO3S/c1-8-3-5-9(6-4-8)21-7-10(18)17-12(2,11(19)20)13(14,15)16/h3-6H,7H2,1-2H3,(H,17,18)(H,19,20). The van der Waals surface area contributed by atoms with Gasteiger partial charge in [0.2, 0.25) is 11.4 Å². The van der Waals surface area contributed by atoms with Crippen LogP contribution in [0.25, 0.3) is 0 Å². The summed E-state index contributed by atoms with van der Waals surface area (Å²) in [5.41, 5.74) is -2.28. The van der Waals surface area contributed by atoms with Crippen LogP contribution in [0.1, 0.15) is 12.5 Å². The van der Waals surface area contributed by atoms with Gasteiger partial charge in [0.25, 0.3) is 0 Å². The molecule has 0 saturated carbocycles. The lowest BCUT2D eigenvalue weighted by Gasteiger charge is -2.28. The van der Waals surface area contributed by atoms with Gasteiger partial charge in [0.15, 0.2) is 0 Å². The van der Waals surface area contributed by atoms with Gasteiger partial charge in [0.1, 0.15) is 0 Å². The minimum absolute atomic E-state index is 0.304. The molecule has 0 aliphatic carbocycles. The van der Waals surface area contributed by atoms with Crippen LogP contribution < -0.4 is 5.32 Å². The highest BCUT2D eigenvalue weighted by Gasteiger charge is 2.58. The smallest absolute Gasteiger partial charge is 0.422 e. The van der Waals surface area contributed by atoms with E-state index in [4.69, 9.17) is 5.11 Å². The summed E-state index contributed by atoms with van der Waals surface area (Å²) >= 11 is 1.03. The summed E-state index contributed by atoms with van der Waals surface area (Å²) in [4.78, 5) is 23.0. The van der Waals surface area contributed by atoms with Crippen LogP contribution in [0, 0.1) is 6.92 Å². The summed E-state index contributed by atoms with van der Waals surface area (Å²) < 4.78 is 38.2. The molecule has 1 rings (SSSR count). The second-order valence-electron chi connectivity index (χ2n) is 4.58. The van der Waals surface area contributed by atoms with Gasteiger partial charge in [0.05, 0.1) is 5.75 Å². The van der Waals surface area contributed by atoms with Crippen LogP contribution in [0.2, 0.25) is 0 Å². The lowest BCUT2D eigenvalue weighted by atomic mass is 10.0. The maximum atomic E-state index is 12.7. The molecule has 8 heteroatoms. The summed E-state index contributed by atoms with van der Waals surface area (Å²) in [6, 6.07) is 7.06. The minimum atomic E-state index is -5.08. The second kappa shape index (κ2) is 6.38. The molecule has 116 valence electrons. The summed E-state index contributed by atoms with van der Waals surface area (Å²) in [6.07, 6.45) is -5.08. The monoisotopic (exact) mass is 321 g/mol. The molecule has 0 saturated heterocycles. The highest BCUT2D eigenvalue weighted by atomic mass is 32.2. The van der Waals surface area contributed by atoms with E-state index in [2.05, 4.69) is 0 Å². The van der Waals surface area contributed by atoms with Crippen LogP contribution in [0.3, 0.4) is 0 Å². The van der Waals surface area contributed by atoms with Gasteiger partial charge >= 0.3 is 12.1 Å². The molecule has 0 spiro atoms. The zero-order chi connectivity index (χ0) is 16.3. The van der Waals surface area contributed by atoms with Crippen molar-refractivity contribution in [2.24, 2.45) is 0 Å². The Morgan fingerprint density at radius 2 is 1.76 bits per heavy atom. The highest BCUT2D eigenvalue weighted by Crippen LogP contribution is 2.30. The van der Waals surface area contributed by atoms with Gasteiger partial charge < -0.3 is 10.4 Å². The molecule has 0 radical (unpaired) electrons. The van der Waals surface area contributed by atoms with Gasteiger partial charge in [-0.1, -0.05) is 17.7 Å². The molecule has 0 fully saturated rings. The van der Waals surface area contributed by atoms with E-state index in [9.17, 15) is 22.8 Å². The summed E-state index contributed by atoms with van der Waals surface area (Å²) in [7, 11) is 0. The third-order valence-electron chi connectivity index (χ3n) is 2.78. The van der Waals surface area contributed by atoms with Crippen molar-refractivity contribution in [2.45, 2.75) is 30.5 Å². The molecule has 1 atom stereocenters. The number of alkyl halides is 3. The summed E-state index contributed by atoms with van der Waals surface area (Å²) in [5, 5.41) is 10.2. The van der Waals surface area contributed by atoms with Gasteiger partial charge in [-0.3, -0.25) is 4.79 Å². The third-order valence-corrected chi connectivity index (χ3v) is 3.79. The number of amides is 1. The Morgan fingerprint density at radius 1 is 1.24 bits per heavy atom. The van der Waals surface area contributed by atoms with E-state index < -0.39 is 23.6 Å². The Bertz CT molecular complexity index is 530. The van der Waals surface area contributed by atoms with Crippen molar-refractivity contribution in [3.8, 4) is 0 Å². The van der Waals surface area contributed by atoms with Crippen LogP contribution in [0.5, 0.6) is 0 Å². The molecule has 4 nitrogen and oxygen atoms in total. The maximum absolute atomic E-state index is 12.7. The molecular weight excluding hydrogens is 307 g/mol. The molecule has 0 bridgehead atoms. The Labute approximate surface area is 123 Å². The first-order valence-corrected chi connectivity index (χ1v) is 6.85. The van der Waals surface area contributed by atoms with E-state index >= 15 is 0 Å². The number of aliphatic carboxylic acids is 1. The molecular formula is C13H14F3NO3S. The number of carboxylic acid groups (broad SMARTS) is 1. The van der Waals surface area contributed by atoms with Gasteiger partial charge in [-0.2, -0.15) is 13.2 Å². The van der Waals surface area contributed by atoms with Crippen molar-refractivity contribution in [1.82, 2.24) is 5.32 Å². The number of benzene rings is 1. The molecule has 0 aliphatic heterocycles. The first-order chi connectivity index (χ1) is 9.56. The minimum Gasteiger partial charge on any atom is -0.479 e. The number of nitrogens with one attached hydrogen (secondary N) is 1. The second-order valence-corrected chi connectivity index (χ2v) is 5.63. The van der Waals surface area contributed by atoms with Crippen LogP contribution in [-0.2, 0) is 9.59 Å². The Kier molecular flexibility index (Phi) is 5.27. The SMILES string of the molecule is Cc1ccc(SCC(=O)NC(C)(C(=O)O)C(F)(F)F)cc1. The molecule has 21 heavy (non-hydrogen) atoms. The normalized spacial score (nSPS) is 14.3. The molecule has 1 amide bonds. The van der Waals surface area contributed by atoms with E-state index in [0.717, 1.165) is 17.3 Å². The Balaban J connectivity index is 2.67. The maximum Gasteiger partial charge on any atom is 0.422 e. The van der Waals surface area contributed by atoms with Crippen molar-refractivity contribution in [2.75, 3.05) is 5.75 Å². The summed E-state index contributed by atoms with van der Waals surface area (Å²) in [6.45, 7) is 2.30. The van der Waals surface area contributed by atoms with Crippen molar-refractivity contribution >= 4 is 23.6 Å². The predicted octanol–water partition coefficient (Wildman–Crippen LogP) is 2.61. The van der Waals surface area contributed by atoms with Crippen LogP contribution >= 0.6 is 11.8 Å². The summed E-state index contributed by atoms with van der Waals surface area (Å²) in [5.74, 6) is -3.45. The Hall–Kier alpha value is -1.70. The fraction of sp³-hybridized carbons (Fsp3) is 0.385. The van der Waals surface area contributed by atoms with Crippen LogP contribution in [-0.4, -0.2) is 34.5 Å². The topological polar surface area (TPSA) is 66.4 Å². The quantitative estimate of drug-likeness (QED) is 0.818. The lowest BCUT2D eigenvalue weighted by molar-refractivity contribution is -0.206. The van der Waals surface area contributed by atoms with Crippen LogP contribution in [0.4, 0.5) is 13.2 Å². The Morgan fingerprint density at radius 3 is 2.19 bits per heavy atom. The van der Waals surface area contributed by atoms with E-state index in [0.29, 0.717) is 11.8 Å². The fourth-order valence-corrected chi connectivity index (χ4v) is 2.04. The number of halogens is 3. The van der Waals surface area contributed by atoms with Gasteiger partial charge in [-0.05, 0) is 26.0 Å². The molecule has 1 aromatic rings. The number of carbonyl (C=O) groups is 2. The van der Waals surface area contributed by atoms with Crippen molar-refractivity contribution in [1.29, 1.82) is 0 Å².